The van der Waals surface area contributed by atoms with Crippen LogP contribution >= 0.6 is 0 Å². The average molecular weight is 603 g/mol. The number of esters is 3. The molecule has 0 bridgehead atoms. The molecule has 8 unspecified atom stereocenters. The summed E-state index contributed by atoms with van der Waals surface area (Å²) < 4.78 is 16.8. The zero-order valence-electron chi connectivity index (χ0n) is 28.1. The standard InChI is InChI=1S/C36H58O7/c1-9-33(3,4)32(40)42-23-14-16-35(7)22(18-23)19-27(37)29-25-12-11-24(36(25,8)17-15-26(29)35)21(2)10-13-28(38)43-30-31(39)41-20-34(30,5)6/h21-27,29-30,37H,9-20H2,1-8H3/t21?,22?,23-,24?,25?,26?,27?,29?,30?,35-,36+/m0/s1. The van der Waals surface area contributed by atoms with Crippen molar-refractivity contribution in [1.82, 2.24) is 0 Å². The molecule has 244 valence electrons. The van der Waals surface area contributed by atoms with Gasteiger partial charge in [0.15, 0.2) is 0 Å². The number of carbonyl (C=O) groups is 3. The molecule has 0 amide bonds. The highest BCUT2D eigenvalue weighted by molar-refractivity contribution is 5.81. The second-order valence-electron chi connectivity index (χ2n) is 17.0. The number of cyclic esters (lactones) is 1. The van der Waals surface area contributed by atoms with Crippen LogP contribution in [0.3, 0.4) is 0 Å². The molecule has 4 aliphatic carbocycles. The molecule has 0 aromatic carbocycles. The van der Waals surface area contributed by atoms with Gasteiger partial charge in [0.05, 0.1) is 11.5 Å². The van der Waals surface area contributed by atoms with E-state index < -0.39 is 22.9 Å². The Hall–Kier alpha value is -1.63. The first-order valence-corrected chi connectivity index (χ1v) is 17.3. The van der Waals surface area contributed by atoms with Crippen LogP contribution in [-0.4, -0.2) is 47.9 Å². The molecule has 1 N–H and O–H groups in total. The molecule has 43 heavy (non-hydrogen) atoms. The molecule has 0 spiro atoms. The molecule has 11 atom stereocenters. The third kappa shape index (κ3) is 5.78. The minimum Gasteiger partial charge on any atom is -0.462 e. The molecule has 7 nitrogen and oxygen atoms in total. The Bertz CT molecular complexity index is 1080. The maximum Gasteiger partial charge on any atom is 0.348 e. The first-order valence-electron chi connectivity index (χ1n) is 17.3. The fourth-order valence-electron chi connectivity index (χ4n) is 10.4. The minimum atomic E-state index is -0.817. The van der Waals surface area contributed by atoms with E-state index in [9.17, 15) is 19.5 Å². The lowest BCUT2D eigenvalue weighted by Gasteiger charge is -2.62. The van der Waals surface area contributed by atoms with Crippen molar-refractivity contribution >= 4 is 17.9 Å². The van der Waals surface area contributed by atoms with Gasteiger partial charge in [-0.3, -0.25) is 9.59 Å². The van der Waals surface area contributed by atoms with Crippen molar-refractivity contribution < 1.29 is 33.7 Å². The number of aliphatic hydroxyl groups excluding tert-OH is 1. The van der Waals surface area contributed by atoms with Crippen molar-refractivity contribution in [2.45, 2.75) is 144 Å². The Morgan fingerprint density at radius 1 is 1.00 bits per heavy atom. The van der Waals surface area contributed by atoms with E-state index in [-0.39, 0.29) is 41.6 Å². The second-order valence-corrected chi connectivity index (χ2v) is 17.0. The van der Waals surface area contributed by atoms with Gasteiger partial charge < -0.3 is 19.3 Å². The molecule has 5 rings (SSSR count). The maximum atomic E-state index is 12.8. The van der Waals surface area contributed by atoms with Crippen LogP contribution in [0.15, 0.2) is 0 Å². The Balaban J connectivity index is 1.21. The van der Waals surface area contributed by atoms with E-state index in [1.165, 1.54) is 6.42 Å². The predicted octanol–water partition coefficient (Wildman–Crippen LogP) is 6.88. The largest absolute Gasteiger partial charge is 0.462 e. The minimum absolute atomic E-state index is 0.0391. The Labute approximate surface area is 259 Å². The number of fused-ring (bicyclic) bond motifs is 5. The quantitative estimate of drug-likeness (QED) is 0.239. The van der Waals surface area contributed by atoms with Crippen LogP contribution in [0.1, 0.15) is 126 Å². The van der Waals surface area contributed by atoms with Gasteiger partial charge in [0.2, 0.25) is 6.10 Å². The summed E-state index contributed by atoms with van der Waals surface area (Å²) in [5.41, 5.74) is -0.611. The van der Waals surface area contributed by atoms with Gasteiger partial charge >= 0.3 is 17.9 Å². The zero-order chi connectivity index (χ0) is 31.5. The molecule has 0 aromatic heterocycles. The third-order valence-corrected chi connectivity index (χ3v) is 13.7. The number of ether oxygens (including phenoxy) is 3. The van der Waals surface area contributed by atoms with Crippen molar-refractivity contribution in [3.8, 4) is 0 Å². The highest BCUT2D eigenvalue weighted by atomic mass is 16.6. The molecule has 1 saturated heterocycles. The highest BCUT2D eigenvalue weighted by Crippen LogP contribution is 2.68. The van der Waals surface area contributed by atoms with Crippen molar-refractivity contribution in [2.75, 3.05) is 6.61 Å². The molecule has 1 aliphatic heterocycles. The van der Waals surface area contributed by atoms with Crippen molar-refractivity contribution in [2.24, 2.45) is 57.2 Å². The summed E-state index contributed by atoms with van der Waals surface area (Å²) in [6.07, 6.45) is 8.91. The fourth-order valence-corrected chi connectivity index (χ4v) is 10.4. The van der Waals surface area contributed by atoms with Gasteiger partial charge in [-0.2, -0.15) is 0 Å². The van der Waals surface area contributed by atoms with Crippen LogP contribution in [0.25, 0.3) is 0 Å². The van der Waals surface area contributed by atoms with Crippen LogP contribution in [0.5, 0.6) is 0 Å². The summed E-state index contributed by atoms with van der Waals surface area (Å²) in [7, 11) is 0. The van der Waals surface area contributed by atoms with Crippen LogP contribution in [0.4, 0.5) is 0 Å². The van der Waals surface area contributed by atoms with Gasteiger partial charge in [-0.15, -0.1) is 0 Å². The van der Waals surface area contributed by atoms with E-state index in [0.29, 0.717) is 41.9 Å². The van der Waals surface area contributed by atoms with Crippen LogP contribution in [-0.2, 0) is 28.6 Å². The van der Waals surface area contributed by atoms with Crippen molar-refractivity contribution in [3.05, 3.63) is 0 Å². The smallest absolute Gasteiger partial charge is 0.348 e. The topological polar surface area (TPSA) is 99.1 Å². The lowest BCUT2D eigenvalue weighted by atomic mass is 9.43. The zero-order valence-corrected chi connectivity index (χ0v) is 28.1. The molecule has 0 aromatic rings. The monoisotopic (exact) mass is 602 g/mol. The molecule has 5 fully saturated rings. The number of aliphatic hydroxyl groups is 1. The number of hydrogen-bond acceptors (Lipinski definition) is 7. The Kier molecular flexibility index (Phi) is 8.85. The lowest BCUT2D eigenvalue weighted by Crippen LogP contribution is -2.59. The van der Waals surface area contributed by atoms with Gasteiger partial charge in [0.25, 0.3) is 0 Å². The molecule has 4 saturated carbocycles. The van der Waals surface area contributed by atoms with Gasteiger partial charge in [-0.05, 0) is 124 Å². The van der Waals surface area contributed by atoms with E-state index in [4.69, 9.17) is 14.2 Å². The number of hydrogen-bond donors (Lipinski definition) is 1. The maximum absolute atomic E-state index is 12.8. The molecular formula is C36H58O7. The van der Waals surface area contributed by atoms with E-state index in [1.807, 2.05) is 34.6 Å². The summed E-state index contributed by atoms with van der Waals surface area (Å²) in [6, 6.07) is 0. The van der Waals surface area contributed by atoms with E-state index >= 15 is 0 Å². The average Bonchev–Trinajstić information content (AvgIpc) is 3.43. The second kappa shape index (κ2) is 11.6. The van der Waals surface area contributed by atoms with E-state index in [2.05, 4.69) is 20.8 Å². The molecule has 0 radical (unpaired) electrons. The van der Waals surface area contributed by atoms with Crippen molar-refractivity contribution in [1.29, 1.82) is 0 Å². The number of carbonyl (C=O) groups excluding carboxylic acids is 3. The Morgan fingerprint density at radius 2 is 1.67 bits per heavy atom. The highest BCUT2D eigenvalue weighted by Gasteiger charge is 2.63. The fraction of sp³-hybridized carbons (Fsp3) is 0.917. The summed E-state index contributed by atoms with van der Waals surface area (Å²) in [4.78, 5) is 37.7. The lowest BCUT2D eigenvalue weighted by molar-refractivity contribution is -0.186. The van der Waals surface area contributed by atoms with Crippen LogP contribution in [0, 0.1) is 57.2 Å². The number of rotatable bonds is 8. The summed E-state index contributed by atoms with van der Waals surface area (Å²) in [5.74, 6) is 1.73. The van der Waals surface area contributed by atoms with Crippen LogP contribution < -0.4 is 0 Å². The van der Waals surface area contributed by atoms with E-state index in [1.54, 1.807) is 0 Å². The summed E-state index contributed by atoms with van der Waals surface area (Å²) in [5, 5.41) is 11.7. The summed E-state index contributed by atoms with van der Waals surface area (Å²) in [6.45, 7) is 17.2. The van der Waals surface area contributed by atoms with Gasteiger partial charge in [-0.1, -0.05) is 41.5 Å². The third-order valence-electron chi connectivity index (χ3n) is 13.7. The Morgan fingerprint density at radius 3 is 2.33 bits per heavy atom. The first kappa shape index (κ1) is 32.8. The molecule has 5 aliphatic rings. The van der Waals surface area contributed by atoms with Crippen molar-refractivity contribution in [3.63, 3.8) is 0 Å². The molecular weight excluding hydrogens is 544 g/mol. The van der Waals surface area contributed by atoms with Gasteiger partial charge in [0.1, 0.15) is 12.7 Å². The van der Waals surface area contributed by atoms with Gasteiger partial charge in [-0.25, -0.2) is 4.79 Å². The molecule has 7 heteroatoms. The van der Waals surface area contributed by atoms with Crippen LogP contribution in [0.2, 0.25) is 0 Å². The van der Waals surface area contributed by atoms with E-state index in [0.717, 1.165) is 57.8 Å². The van der Waals surface area contributed by atoms with Gasteiger partial charge in [0, 0.05) is 11.8 Å². The SMILES string of the molecule is CCC(C)(C)C(=O)O[C@H]1CC[C@@]2(C)C(CC(O)C3C4CCC(C(C)CCC(=O)OC5C(=O)OCC5(C)C)[C@@]4(C)CCC32)C1. The normalized spacial score (nSPS) is 42.7. The summed E-state index contributed by atoms with van der Waals surface area (Å²) >= 11 is 0. The first-order chi connectivity index (χ1) is 20.0. The molecule has 1 heterocycles. The predicted molar refractivity (Wildman–Crippen MR) is 164 cm³/mol.